The molecule has 1 atom stereocenters. The Kier molecular flexibility index (Phi) is 5.18. The van der Waals surface area contributed by atoms with Gasteiger partial charge in [-0.2, -0.15) is 0 Å². The van der Waals surface area contributed by atoms with Crippen LogP contribution in [0.2, 0.25) is 5.02 Å². The second kappa shape index (κ2) is 8.02. The molecule has 0 spiro atoms. The quantitative estimate of drug-likeness (QED) is 0.526. The SMILES string of the molecule is COc1cc(/C=C2\CCCN3C2=NOC3(C)c2ccc(Cl)cc2)ccc1-n1cnc(C)c1. The minimum absolute atomic E-state index is 0.639. The Morgan fingerprint density at radius 3 is 2.72 bits per heavy atom. The van der Waals surface area contributed by atoms with Crippen LogP contribution in [0, 0.1) is 6.92 Å². The third-order valence-corrected chi connectivity index (χ3v) is 6.36. The van der Waals surface area contributed by atoms with Gasteiger partial charge in [0.1, 0.15) is 5.75 Å². The molecule has 0 radical (unpaired) electrons. The molecule has 2 aliphatic rings. The summed E-state index contributed by atoms with van der Waals surface area (Å²) in [5, 5.41) is 5.20. The van der Waals surface area contributed by atoms with Crippen LogP contribution in [-0.4, -0.2) is 33.9 Å². The average Bonchev–Trinajstić information content (AvgIpc) is 3.39. The number of nitrogens with zero attached hydrogens (tertiary/aromatic N) is 4. The van der Waals surface area contributed by atoms with Gasteiger partial charge in [0.25, 0.3) is 0 Å². The van der Waals surface area contributed by atoms with Crippen molar-refractivity contribution in [2.24, 2.45) is 5.16 Å². The van der Waals surface area contributed by atoms with Crippen LogP contribution < -0.4 is 4.74 Å². The number of imidazole rings is 1. The Hall–Kier alpha value is -3.25. The summed E-state index contributed by atoms with van der Waals surface area (Å²) < 4.78 is 7.64. The Bertz CT molecular complexity index is 1210. The van der Waals surface area contributed by atoms with Gasteiger partial charge in [0.15, 0.2) is 5.84 Å². The van der Waals surface area contributed by atoms with E-state index in [1.807, 2.05) is 48.0 Å². The average molecular weight is 449 g/mol. The van der Waals surface area contributed by atoms with Gasteiger partial charge in [-0.05, 0) is 61.2 Å². The maximum atomic E-state index is 6.08. The number of ether oxygens (including phenoxy) is 1. The Balaban J connectivity index is 1.45. The number of piperidine rings is 1. The molecule has 1 unspecified atom stereocenters. The van der Waals surface area contributed by atoms with Crippen LogP contribution in [0.15, 0.2) is 65.7 Å². The standard InChI is InChI=1S/C25H25ClN4O2/c1-17-15-29(16-27-17)22-11-6-18(14-23(22)31-3)13-19-5-4-12-30-24(19)28-32-25(30,2)20-7-9-21(26)10-8-20/h6-11,13-16H,4-5,12H2,1-3H3/b19-13+. The molecule has 1 fully saturated rings. The van der Waals surface area contributed by atoms with E-state index in [-0.39, 0.29) is 0 Å². The smallest absolute Gasteiger partial charge is 0.234 e. The third-order valence-electron chi connectivity index (χ3n) is 6.11. The Labute approximate surface area is 192 Å². The van der Waals surface area contributed by atoms with Crippen molar-refractivity contribution in [3.8, 4) is 11.4 Å². The largest absolute Gasteiger partial charge is 0.495 e. The molecule has 3 heterocycles. The number of oxime groups is 1. The van der Waals surface area contributed by atoms with Gasteiger partial charge < -0.3 is 19.0 Å². The highest BCUT2D eigenvalue weighted by molar-refractivity contribution is 6.30. The predicted molar refractivity (Wildman–Crippen MR) is 126 cm³/mol. The van der Waals surface area contributed by atoms with E-state index in [9.17, 15) is 0 Å². The van der Waals surface area contributed by atoms with Crippen molar-refractivity contribution in [3.63, 3.8) is 0 Å². The van der Waals surface area contributed by atoms with E-state index >= 15 is 0 Å². The van der Waals surface area contributed by atoms with Crippen LogP contribution >= 0.6 is 11.6 Å². The van der Waals surface area contributed by atoms with Crippen molar-refractivity contribution in [2.45, 2.75) is 32.4 Å². The van der Waals surface area contributed by atoms with E-state index < -0.39 is 5.72 Å². The molecule has 6 nitrogen and oxygen atoms in total. The summed E-state index contributed by atoms with van der Waals surface area (Å²) >= 11 is 6.08. The van der Waals surface area contributed by atoms with E-state index in [0.29, 0.717) is 5.02 Å². The van der Waals surface area contributed by atoms with E-state index in [4.69, 9.17) is 21.2 Å². The fourth-order valence-electron chi connectivity index (χ4n) is 4.38. The zero-order valence-electron chi connectivity index (χ0n) is 18.4. The molecule has 32 heavy (non-hydrogen) atoms. The zero-order valence-corrected chi connectivity index (χ0v) is 19.1. The lowest BCUT2D eigenvalue weighted by Crippen LogP contribution is -2.46. The van der Waals surface area contributed by atoms with E-state index in [2.05, 4.69) is 40.2 Å². The van der Waals surface area contributed by atoms with Crippen LogP contribution in [0.3, 0.4) is 0 Å². The molecule has 164 valence electrons. The summed E-state index contributed by atoms with van der Waals surface area (Å²) in [6, 6.07) is 14.0. The number of hydrogen-bond donors (Lipinski definition) is 0. The molecule has 7 heteroatoms. The number of amidine groups is 1. The first kappa shape index (κ1) is 20.6. The van der Waals surface area contributed by atoms with Gasteiger partial charge in [-0.3, -0.25) is 0 Å². The number of methoxy groups -OCH3 is 1. The van der Waals surface area contributed by atoms with Crippen LogP contribution in [0.5, 0.6) is 5.75 Å². The van der Waals surface area contributed by atoms with Crippen molar-refractivity contribution in [1.82, 2.24) is 14.5 Å². The number of benzene rings is 2. The van der Waals surface area contributed by atoms with Crippen LogP contribution in [0.4, 0.5) is 0 Å². The summed E-state index contributed by atoms with van der Waals surface area (Å²) in [5.74, 6) is 1.68. The second-order valence-electron chi connectivity index (χ2n) is 8.27. The molecule has 1 saturated heterocycles. The maximum absolute atomic E-state index is 6.08. The monoisotopic (exact) mass is 448 g/mol. The van der Waals surface area contributed by atoms with Crippen LogP contribution in [-0.2, 0) is 10.6 Å². The van der Waals surface area contributed by atoms with Crippen molar-refractivity contribution in [2.75, 3.05) is 13.7 Å². The van der Waals surface area contributed by atoms with Gasteiger partial charge in [-0.15, -0.1) is 0 Å². The van der Waals surface area contributed by atoms with Gasteiger partial charge in [0.2, 0.25) is 5.72 Å². The molecule has 0 saturated carbocycles. The Morgan fingerprint density at radius 1 is 1.19 bits per heavy atom. The van der Waals surface area contributed by atoms with Crippen LogP contribution in [0.25, 0.3) is 11.8 Å². The third kappa shape index (κ3) is 3.54. The molecular weight excluding hydrogens is 424 g/mol. The Morgan fingerprint density at radius 2 is 2.00 bits per heavy atom. The summed E-state index contributed by atoms with van der Waals surface area (Å²) in [7, 11) is 1.69. The number of aryl methyl sites for hydroxylation is 1. The van der Waals surface area contributed by atoms with E-state index in [1.165, 1.54) is 0 Å². The molecule has 5 rings (SSSR count). The second-order valence-corrected chi connectivity index (χ2v) is 8.71. The van der Waals surface area contributed by atoms with Gasteiger partial charge in [-0.1, -0.05) is 35.0 Å². The van der Waals surface area contributed by atoms with Crippen LogP contribution in [0.1, 0.15) is 36.6 Å². The summed E-state index contributed by atoms with van der Waals surface area (Å²) in [5.41, 5.74) is 4.52. The first-order valence-corrected chi connectivity index (χ1v) is 11.1. The number of aromatic nitrogens is 2. The van der Waals surface area contributed by atoms with Gasteiger partial charge in [0, 0.05) is 30.3 Å². The lowest BCUT2D eigenvalue weighted by molar-refractivity contribution is -0.0912. The molecule has 1 aromatic heterocycles. The lowest BCUT2D eigenvalue weighted by Gasteiger charge is -2.37. The molecular formula is C25H25ClN4O2. The molecule has 0 N–H and O–H groups in total. The van der Waals surface area contributed by atoms with Gasteiger partial charge >= 0.3 is 0 Å². The number of hydrogen-bond acceptors (Lipinski definition) is 5. The first-order valence-electron chi connectivity index (χ1n) is 10.7. The summed E-state index contributed by atoms with van der Waals surface area (Å²) in [4.78, 5) is 12.6. The fraction of sp³-hybridized carbons (Fsp3) is 0.280. The lowest BCUT2D eigenvalue weighted by atomic mass is 9.95. The van der Waals surface area contributed by atoms with Crippen molar-refractivity contribution in [3.05, 3.63) is 82.4 Å². The normalized spacial score (nSPS) is 21.3. The van der Waals surface area contributed by atoms with Crippen molar-refractivity contribution >= 4 is 23.5 Å². The minimum atomic E-state index is -0.639. The van der Waals surface area contributed by atoms with Gasteiger partial charge in [0.05, 0.1) is 24.8 Å². The molecule has 0 aliphatic carbocycles. The van der Waals surface area contributed by atoms with Crippen molar-refractivity contribution in [1.29, 1.82) is 0 Å². The number of rotatable bonds is 4. The van der Waals surface area contributed by atoms with Gasteiger partial charge in [-0.25, -0.2) is 4.98 Å². The highest BCUT2D eigenvalue weighted by Gasteiger charge is 2.45. The highest BCUT2D eigenvalue weighted by Crippen LogP contribution is 2.40. The number of fused-ring (bicyclic) bond motifs is 1. The molecule has 2 aliphatic heterocycles. The summed E-state index contributed by atoms with van der Waals surface area (Å²) in [6.07, 6.45) is 7.93. The highest BCUT2D eigenvalue weighted by atomic mass is 35.5. The molecule has 3 aromatic rings. The predicted octanol–water partition coefficient (Wildman–Crippen LogP) is 5.54. The van der Waals surface area contributed by atoms with E-state index in [1.54, 1.807) is 13.4 Å². The maximum Gasteiger partial charge on any atom is 0.234 e. The topological polar surface area (TPSA) is 51.9 Å². The molecule has 0 amide bonds. The molecule has 2 aromatic carbocycles. The molecule has 0 bridgehead atoms. The summed E-state index contributed by atoms with van der Waals surface area (Å²) in [6.45, 7) is 4.91. The van der Waals surface area contributed by atoms with E-state index in [0.717, 1.165) is 59.1 Å². The number of halogens is 1. The first-order chi connectivity index (χ1) is 15.5. The minimum Gasteiger partial charge on any atom is -0.495 e. The fourth-order valence-corrected chi connectivity index (χ4v) is 4.51. The zero-order chi connectivity index (χ0) is 22.3. The van der Waals surface area contributed by atoms with Crippen molar-refractivity contribution < 1.29 is 9.57 Å².